The second-order valence-corrected chi connectivity index (χ2v) is 4.41. The summed E-state index contributed by atoms with van der Waals surface area (Å²) in [6, 6.07) is 8.28. The van der Waals surface area contributed by atoms with Gasteiger partial charge < -0.3 is 9.47 Å². The third-order valence-electron chi connectivity index (χ3n) is 2.72. The minimum Gasteiger partial charge on any atom is -0.493 e. The van der Waals surface area contributed by atoms with Crippen LogP contribution in [0.2, 0.25) is 0 Å². The molecule has 0 radical (unpaired) electrons. The van der Waals surface area contributed by atoms with Gasteiger partial charge in [-0.1, -0.05) is 32.0 Å². The van der Waals surface area contributed by atoms with Crippen molar-refractivity contribution in [3.63, 3.8) is 0 Å². The third-order valence-corrected chi connectivity index (χ3v) is 2.72. The molecule has 1 saturated heterocycles. The summed E-state index contributed by atoms with van der Waals surface area (Å²) in [4.78, 5) is 0. The van der Waals surface area contributed by atoms with Crippen molar-refractivity contribution in [2.24, 2.45) is 5.92 Å². The zero-order chi connectivity index (χ0) is 10.7. The zero-order valence-electron chi connectivity index (χ0n) is 9.40. The number of rotatable bonds is 4. The predicted molar refractivity (Wildman–Crippen MR) is 60.3 cm³/mol. The Bertz CT molecular complexity index is 316. The molecule has 82 valence electrons. The van der Waals surface area contributed by atoms with E-state index >= 15 is 0 Å². The molecule has 1 heterocycles. The minimum absolute atomic E-state index is 0.513. The molecule has 0 bridgehead atoms. The van der Waals surface area contributed by atoms with E-state index in [9.17, 15) is 0 Å². The lowest BCUT2D eigenvalue weighted by Crippen LogP contribution is -2.32. The first-order chi connectivity index (χ1) is 7.27. The molecular weight excluding hydrogens is 188 g/mol. The molecule has 2 heteroatoms. The van der Waals surface area contributed by atoms with Crippen LogP contribution in [0.1, 0.15) is 25.3 Å². The van der Waals surface area contributed by atoms with E-state index in [1.54, 1.807) is 0 Å². The fourth-order valence-corrected chi connectivity index (χ4v) is 1.68. The average Bonchev–Trinajstić information content (AvgIpc) is 2.16. The van der Waals surface area contributed by atoms with Crippen LogP contribution in [0.5, 0.6) is 5.75 Å². The molecule has 0 spiro atoms. The van der Waals surface area contributed by atoms with Gasteiger partial charge in [-0.25, -0.2) is 0 Å². The number of hydrogen-bond acceptors (Lipinski definition) is 2. The van der Waals surface area contributed by atoms with Gasteiger partial charge in [0.15, 0.2) is 0 Å². The van der Waals surface area contributed by atoms with Gasteiger partial charge in [-0.05, 0) is 17.5 Å². The maximum Gasteiger partial charge on any atom is 0.122 e. The lowest BCUT2D eigenvalue weighted by Gasteiger charge is -2.26. The predicted octanol–water partition coefficient (Wildman–Crippen LogP) is 2.84. The van der Waals surface area contributed by atoms with E-state index < -0.39 is 0 Å². The van der Waals surface area contributed by atoms with Crippen LogP contribution >= 0.6 is 0 Å². The largest absolute Gasteiger partial charge is 0.493 e. The van der Waals surface area contributed by atoms with E-state index in [1.807, 2.05) is 6.07 Å². The normalized spacial score (nSPS) is 16.5. The second-order valence-electron chi connectivity index (χ2n) is 4.41. The SMILES string of the molecule is CC(C)c1ccccc1OCC1COC1. The first-order valence-electron chi connectivity index (χ1n) is 5.57. The fraction of sp³-hybridized carbons (Fsp3) is 0.538. The quantitative estimate of drug-likeness (QED) is 0.754. The molecule has 0 unspecified atom stereocenters. The van der Waals surface area contributed by atoms with Crippen LogP contribution in [0.3, 0.4) is 0 Å². The van der Waals surface area contributed by atoms with Crippen molar-refractivity contribution in [2.45, 2.75) is 19.8 Å². The summed E-state index contributed by atoms with van der Waals surface area (Å²) >= 11 is 0. The Balaban J connectivity index is 1.99. The van der Waals surface area contributed by atoms with Gasteiger partial charge in [0.05, 0.1) is 19.8 Å². The Morgan fingerprint density at radius 3 is 2.67 bits per heavy atom. The number of para-hydroxylation sites is 1. The molecule has 2 nitrogen and oxygen atoms in total. The fourth-order valence-electron chi connectivity index (χ4n) is 1.68. The Morgan fingerprint density at radius 1 is 1.33 bits per heavy atom. The molecule has 0 N–H and O–H groups in total. The standard InChI is InChI=1S/C13H18O2/c1-10(2)12-5-3-4-6-13(12)15-9-11-7-14-8-11/h3-6,10-11H,7-9H2,1-2H3. The number of hydrogen-bond donors (Lipinski definition) is 0. The Morgan fingerprint density at radius 2 is 2.07 bits per heavy atom. The van der Waals surface area contributed by atoms with Crippen molar-refractivity contribution >= 4 is 0 Å². The maximum atomic E-state index is 5.82. The van der Waals surface area contributed by atoms with E-state index in [0.717, 1.165) is 25.6 Å². The van der Waals surface area contributed by atoms with Crippen molar-refractivity contribution in [3.8, 4) is 5.75 Å². The van der Waals surface area contributed by atoms with Crippen molar-refractivity contribution in [1.29, 1.82) is 0 Å². The van der Waals surface area contributed by atoms with Crippen LogP contribution in [-0.4, -0.2) is 19.8 Å². The summed E-state index contributed by atoms with van der Waals surface area (Å²) < 4.78 is 10.9. The molecular formula is C13H18O2. The highest BCUT2D eigenvalue weighted by Gasteiger charge is 2.19. The summed E-state index contributed by atoms with van der Waals surface area (Å²) in [7, 11) is 0. The Hall–Kier alpha value is -1.02. The lowest BCUT2D eigenvalue weighted by molar-refractivity contribution is -0.0509. The first-order valence-corrected chi connectivity index (χ1v) is 5.57. The van der Waals surface area contributed by atoms with Crippen LogP contribution in [0.25, 0.3) is 0 Å². The van der Waals surface area contributed by atoms with Crippen molar-refractivity contribution in [2.75, 3.05) is 19.8 Å². The molecule has 0 aliphatic carbocycles. The van der Waals surface area contributed by atoms with Crippen molar-refractivity contribution in [3.05, 3.63) is 29.8 Å². The third kappa shape index (κ3) is 2.51. The highest BCUT2D eigenvalue weighted by molar-refractivity contribution is 5.35. The summed E-state index contributed by atoms with van der Waals surface area (Å²) in [6.45, 7) is 6.86. The summed E-state index contributed by atoms with van der Waals surface area (Å²) in [5, 5.41) is 0. The van der Waals surface area contributed by atoms with Gasteiger partial charge in [0.25, 0.3) is 0 Å². The van der Waals surface area contributed by atoms with Crippen LogP contribution in [0, 0.1) is 5.92 Å². The number of benzene rings is 1. The molecule has 0 atom stereocenters. The summed E-state index contributed by atoms with van der Waals surface area (Å²) in [5.41, 5.74) is 1.29. The monoisotopic (exact) mass is 206 g/mol. The van der Waals surface area contributed by atoms with E-state index in [4.69, 9.17) is 9.47 Å². The molecule has 1 aromatic rings. The molecule has 0 saturated carbocycles. The molecule has 15 heavy (non-hydrogen) atoms. The molecule has 1 aliphatic rings. The van der Waals surface area contributed by atoms with Gasteiger partial charge in [-0.2, -0.15) is 0 Å². The highest BCUT2D eigenvalue weighted by Crippen LogP contribution is 2.26. The van der Waals surface area contributed by atoms with Gasteiger partial charge in [-0.3, -0.25) is 0 Å². The Kier molecular flexibility index (Phi) is 3.27. The van der Waals surface area contributed by atoms with Crippen LogP contribution in [0.15, 0.2) is 24.3 Å². The van der Waals surface area contributed by atoms with Gasteiger partial charge >= 0.3 is 0 Å². The van der Waals surface area contributed by atoms with Gasteiger partial charge in [-0.15, -0.1) is 0 Å². The van der Waals surface area contributed by atoms with Gasteiger partial charge in [0.2, 0.25) is 0 Å². The molecule has 1 fully saturated rings. The molecule has 0 amide bonds. The van der Waals surface area contributed by atoms with Crippen LogP contribution in [0.4, 0.5) is 0 Å². The maximum absolute atomic E-state index is 5.82. The smallest absolute Gasteiger partial charge is 0.122 e. The summed E-state index contributed by atoms with van der Waals surface area (Å²) in [5.74, 6) is 2.13. The number of ether oxygens (including phenoxy) is 2. The second kappa shape index (κ2) is 4.67. The minimum atomic E-state index is 0.513. The van der Waals surface area contributed by atoms with Gasteiger partial charge in [0, 0.05) is 5.92 Å². The van der Waals surface area contributed by atoms with Crippen LogP contribution in [-0.2, 0) is 4.74 Å². The average molecular weight is 206 g/mol. The summed E-state index contributed by atoms with van der Waals surface area (Å²) in [6.07, 6.45) is 0. The van der Waals surface area contributed by atoms with Crippen molar-refractivity contribution < 1.29 is 9.47 Å². The molecule has 1 aliphatic heterocycles. The molecule has 2 rings (SSSR count). The Labute approximate surface area is 91.2 Å². The topological polar surface area (TPSA) is 18.5 Å². The van der Waals surface area contributed by atoms with E-state index in [0.29, 0.717) is 11.8 Å². The van der Waals surface area contributed by atoms with E-state index in [-0.39, 0.29) is 0 Å². The van der Waals surface area contributed by atoms with E-state index in [1.165, 1.54) is 5.56 Å². The first kappa shape index (κ1) is 10.5. The highest BCUT2D eigenvalue weighted by atomic mass is 16.5. The van der Waals surface area contributed by atoms with E-state index in [2.05, 4.69) is 32.0 Å². The molecule has 1 aromatic carbocycles. The van der Waals surface area contributed by atoms with Gasteiger partial charge in [0.1, 0.15) is 5.75 Å². The van der Waals surface area contributed by atoms with Crippen molar-refractivity contribution in [1.82, 2.24) is 0 Å². The lowest BCUT2D eigenvalue weighted by atomic mass is 10.0. The molecule has 0 aromatic heterocycles. The zero-order valence-corrected chi connectivity index (χ0v) is 9.40. The van der Waals surface area contributed by atoms with Crippen LogP contribution < -0.4 is 4.74 Å².